The number of rotatable bonds is 3. The lowest BCUT2D eigenvalue weighted by molar-refractivity contribution is 0.598. The number of para-hydroxylation sites is 1. The minimum Gasteiger partial charge on any atom is -0.338 e. The molecular weight excluding hydrogens is 237 g/mol. The van der Waals surface area contributed by atoms with Crippen LogP contribution in [0, 0.1) is 12.7 Å². The van der Waals surface area contributed by atoms with Gasteiger partial charge < -0.3 is 5.32 Å². The molecule has 0 unspecified atom stereocenters. The van der Waals surface area contributed by atoms with E-state index in [1.54, 1.807) is 6.92 Å². The zero-order chi connectivity index (χ0) is 12.3. The van der Waals surface area contributed by atoms with Crippen LogP contribution in [-0.2, 0) is 0 Å². The standard InChI is InChI=1S/C12H12FN3S/c1-8-10(13)11(16-12(14-8)17-2)15-9-6-4-3-5-7-9/h3-7H,1-2H3,(H,14,15,16). The van der Waals surface area contributed by atoms with E-state index in [1.807, 2.05) is 36.6 Å². The molecule has 1 aromatic heterocycles. The van der Waals surface area contributed by atoms with E-state index in [0.29, 0.717) is 10.9 Å². The number of aromatic nitrogens is 2. The van der Waals surface area contributed by atoms with Crippen molar-refractivity contribution >= 4 is 23.3 Å². The van der Waals surface area contributed by atoms with E-state index >= 15 is 0 Å². The summed E-state index contributed by atoms with van der Waals surface area (Å²) < 4.78 is 13.8. The zero-order valence-corrected chi connectivity index (χ0v) is 10.4. The molecule has 0 saturated heterocycles. The number of anilines is 2. The predicted octanol–water partition coefficient (Wildman–Crippen LogP) is 3.39. The first kappa shape index (κ1) is 11.9. The molecule has 1 heterocycles. The first-order valence-corrected chi connectivity index (χ1v) is 6.33. The summed E-state index contributed by atoms with van der Waals surface area (Å²) in [6, 6.07) is 9.37. The van der Waals surface area contributed by atoms with E-state index in [2.05, 4.69) is 15.3 Å². The summed E-state index contributed by atoms with van der Waals surface area (Å²) in [6.07, 6.45) is 1.86. The van der Waals surface area contributed by atoms with Crippen LogP contribution in [0.2, 0.25) is 0 Å². The van der Waals surface area contributed by atoms with Crippen molar-refractivity contribution in [2.24, 2.45) is 0 Å². The van der Waals surface area contributed by atoms with Crippen molar-refractivity contribution in [2.75, 3.05) is 11.6 Å². The third-order valence-electron chi connectivity index (χ3n) is 2.22. The van der Waals surface area contributed by atoms with Gasteiger partial charge in [0, 0.05) is 5.69 Å². The summed E-state index contributed by atoms with van der Waals surface area (Å²) in [5.74, 6) is -0.195. The van der Waals surface area contributed by atoms with Gasteiger partial charge in [-0.05, 0) is 25.3 Å². The third-order valence-corrected chi connectivity index (χ3v) is 2.76. The lowest BCUT2D eigenvalue weighted by atomic mass is 10.3. The molecule has 0 aliphatic rings. The van der Waals surface area contributed by atoms with Crippen LogP contribution < -0.4 is 5.32 Å². The minimum absolute atomic E-state index is 0.216. The summed E-state index contributed by atoms with van der Waals surface area (Å²) in [5, 5.41) is 3.51. The molecule has 17 heavy (non-hydrogen) atoms. The van der Waals surface area contributed by atoms with Crippen LogP contribution in [0.25, 0.3) is 0 Å². The molecule has 0 amide bonds. The van der Waals surface area contributed by atoms with Gasteiger partial charge in [-0.3, -0.25) is 0 Å². The number of hydrogen-bond acceptors (Lipinski definition) is 4. The Bertz CT molecular complexity index is 517. The second-order valence-corrected chi connectivity index (χ2v) is 4.22. The Kier molecular flexibility index (Phi) is 3.58. The van der Waals surface area contributed by atoms with Crippen LogP contribution in [0.5, 0.6) is 0 Å². The maximum Gasteiger partial charge on any atom is 0.189 e. The molecular formula is C12H12FN3S. The van der Waals surface area contributed by atoms with E-state index in [4.69, 9.17) is 0 Å². The van der Waals surface area contributed by atoms with E-state index < -0.39 is 5.82 Å². The van der Waals surface area contributed by atoms with Crippen LogP contribution in [0.4, 0.5) is 15.9 Å². The Balaban J connectivity index is 2.35. The lowest BCUT2D eigenvalue weighted by Gasteiger charge is -2.08. The first-order chi connectivity index (χ1) is 8.20. The normalized spacial score (nSPS) is 10.3. The summed E-state index contributed by atoms with van der Waals surface area (Å²) >= 11 is 1.39. The summed E-state index contributed by atoms with van der Waals surface area (Å²) in [6.45, 7) is 1.63. The van der Waals surface area contributed by atoms with Gasteiger partial charge in [-0.15, -0.1) is 0 Å². The lowest BCUT2D eigenvalue weighted by Crippen LogP contribution is -2.02. The van der Waals surface area contributed by atoms with E-state index in [0.717, 1.165) is 5.69 Å². The summed E-state index contributed by atoms with van der Waals surface area (Å²) in [7, 11) is 0. The average Bonchev–Trinajstić information content (AvgIpc) is 2.36. The Morgan fingerprint density at radius 2 is 1.88 bits per heavy atom. The minimum atomic E-state index is -0.411. The van der Waals surface area contributed by atoms with Gasteiger partial charge in [-0.1, -0.05) is 30.0 Å². The number of benzene rings is 1. The number of thioether (sulfide) groups is 1. The molecule has 0 aliphatic carbocycles. The second-order valence-electron chi connectivity index (χ2n) is 3.45. The number of aryl methyl sites for hydroxylation is 1. The van der Waals surface area contributed by atoms with E-state index in [9.17, 15) is 4.39 Å². The van der Waals surface area contributed by atoms with Crippen molar-refractivity contribution in [2.45, 2.75) is 12.1 Å². The zero-order valence-electron chi connectivity index (χ0n) is 9.57. The molecule has 1 N–H and O–H groups in total. The Labute approximate surface area is 103 Å². The smallest absolute Gasteiger partial charge is 0.189 e. The van der Waals surface area contributed by atoms with Crippen molar-refractivity contribution in [3.05, 3.63) is 41.8 Å². The fourth-order valence-corrected chi connectivity index (χ4v) is 1.78. The number of halogens is 1. The molecule has 0 fully saturated rings. The summed E-state index contributed by atoms with van der Waals surface area (Å²) in [4.78, 5) is 8.14. The molecule has 0 saturated carbocycles. The highest BCUT2D eigenvalue weighted by molar-refractivity contribution is 7.98. The van der Waals surface area contributed by atoms with Crippen molar-refractivity contribution in [3.63, 3.8) is 0 Å². The largest absolute Gasteiger partial charge is 0.338 e. The molecule has 0 bridgehead atoms. The molecule has 3 nitrogen and oxygen atoms in total. The first-order valence-electron chi connectivity index (χ1n) is 5.11. The second kappa shape index (κ2) is 5.14. The molecule has 0 aliphatic heterocycles. The molecule has 2 rings (SSSR count). The fourth-order valence-electron chi connectivity index (χ4n) is 1.37. The van der Waals surface area contributed by atoms with Crippen molar-refractivity contribution < 1.29 is 4.39 Å². The van der Waals surface area contributed by atoms with Gasteiger partial charge in [0.2, 0.25) is 0 Å². The monoisotopic (exact) mass is 249 g/mol. The van der Waals surface area contributed by atoms with Crippen molar-refractivity contribution in [1.82, 2.24) is 9.97 Å². The molecule has 88 valence electrons. The predicted molar refractivity (Wildman–Crippen MR) is 68.2 cm³/mol. The van der Waals surface area contributed by atoms with Gasteiger partial charge in [-0.2, -0.15) is 0 Å². The van der Waals surface area contributed by atoms with Gasteiger partial charge in [0.1, 0.15) is 0 Å². The molecule has 0 spiro atoms. The van der Waals surface area contributed by atoms with Crippen LogP contribution in [0.15, 0.2) is 35.5 Å². The Hall–Kier alpha value is -1.62. The van der Waals surface area contributed by atoms with Crippen LogP contribution in [0.1, 0.15) is 5.69 Å². The van der Waals surface area contributed by atoms with Crippen molar-refractivity contribution in [1.29, 1.82) is 0 Å². The Morgan fingerprint density at radius 1 is 1.18 bits per heavy atom. The number of hydrogen-bond donors (Lipinski definition) is 1. The van der Waals surface area contributed by atoms with Crippen LogP contribution in [0.3, 0.4) is 0 Å². The maximum atomic E-state index is 13.8. The highest BCUT2D eigenvalue weighted by Crippen LogP contribution is 2.21. The van der Waals surface area contributed by atoms with Gasteiger partial charge in [0.25, 0.3) is 0 Å². The number of nitrogens with one attached hydrogen (secondary N) is 1. The highest BCUT2D eigenvalue weighted by Gasteiger charge is 2.10. The van der Waals surface area contributed by atoms with E-state index in [1.165, 1.54) is 11.8 Å². The van der Waals surface area contributed by atoms with Gasteiger partial charge in [0.15, 0.2) is 16.8 Å². The van der Waals surface area contributed by atoms with Crippen LogP contribution >= 0.6 is 11.8 Å². The molecule has 5 heteroatoms. The topological polar surface area (TPSA) is 37.8 Å². The SMILES string of the molecule is CSc1nc(C)c(F)c(Nc2ccccc2)n1. The fraction of sp³-hybridized carbons (Fsp3) is 0.167. The average molecular weight is 249 g/mol. The third kappa shape index (κ3) is 2.74. The Morgan fingerprint density at radius 3 is 2.53 bits per heavy atom. The van der Waals surface area contributed by atoms with Gasteiger partial charge in [-0.25, -0.2) is 14.4 Å². The van der Waals surface area contributed by atoms with Gasteiger partial charge >= 0.3 is 0 Å². The van der Waals surface area contributed by atoms with Gasteiger partial charge in [0.05, 0.1) is 5.69 Å². The quantitative estimate of drug-likeness (QED) is 0.668. The molecule has 1 aromatic carbocycles. The van der Waals surface area contributed by atoms with E-state index in [-0.39, 0.29) is 5.82 Å². The van der Waals surface area contributed by atoms with Crippen LogP contribution in [-0.4, -0.2) is 16.2 Å². The molecule has 0 radical (unpaired) electrons. The van der Waals surface area contributed by atoms with Crippen molar-refractivity contribution in [3.8, 4) is 0 Å². The highest BCUT2D eigenvalue weighted by atomic mass is 32.2. The summed E-state index contributed by atoms with van der Waals surface area (Å²) in [5.41, 5.74) is 1.15. The molecule has 0 atom stereocenters. The number of nitrogens with zero attached hydrogens (tertiary/aromatic N) is 2. The maximum absolute atomic E-state index is 13.8. The molecule has 2 aromatic rings.